The summed E-state index contributed by atoms with van der Waals surface area (Å²) >= 11 is 0. The van der Waals surface area contributed by atoms with Crippen molar-refractivity contribution in [2.75, 3.05) is 13.1 Å². The molecule has 0 saturated carbocycles. The Bertz CT molecular complexity index is 664. The molecule has 1 aromatic carbocycles. The number of sulfonamides is 1. The fraction of sp³-hybridized carbons (Fsp3) is 0.562. The van der Waals surface area contributed by atoms with Gasteiger partial charge >= 0.3 is 0 Å². The number of likely N-dealkylation sites (tertiary alicyclic amines) is 1. The van der Waals surface area contributed by atoms with Crippen molar-refractivity contribution < 1.29 is 13.2 Å². The van der Waals surface area contributed by atoms with Crippen LogP contribution < -0.4 is 10.5 Å². The van der Waals surface area contributed by atoms with Crippen LogP contribution in [0.4, 0.5) is 0 Å². The fourth-order valence-electron chi connectivity index (χ4n) is 2.85. The highest BCUT2D eigenvalue weighted by Crippen LogP contribution is 2.20. The first-order valence-corrected chi connectivity index (χ1v) is 9.47. The number of amides is 1. The molecule has 0 radical (unpaired) electrons. The van der Waals surface area contributed by atoms with Gasteiger partial charge in [-0.15, -0.1) is 12.4 Å². The van der Waals surface area contributed by atoms with Crippen LogP contribution in [0.1, 0.15) is 43.5 Å². The molecule has 1 fully saturated rings. The molecule has 0 spiro atoms. The van der Waals surface area contributed by atoms with Crippen molar-refractivity contribution in [3.05, 3.63) is 29.8 Å². The number of piperidine rings is 1. The van der Waals surface area contributed by atoms with Crippen LogP contribution in [0.2, 0.25) is 0 Å². The number of carbonyl (C=O) groups is 1. The van der Waals surface area contributed by atoms with E-state index in [1.165, 1.54) is 12.1 Å². The number of nitrogens with two attached hydrogens (primary N) is 1. The van der Waals surface area contributed by atoms with E-state index in [9.17, 15) is 13.2 Å². The Hall–Kier alpha value is -1.15. The monoisotopic (exact) mass is 375 g/mol. The smallest absolute Gasteiger partial charge is 0.254 e. The third-order valence-corrected chi connectivity index (χ3v) is 5.60. The number of nitrogens with one attached hydrogen (secondary N) is 1. The Balaban J connectivity index is 0.00000288. The molecule has 6 nitrogen and oxygen atoms in total. The Morgan fingerprint density at radius 2 is 2.08 bits per heavy atom. The summed E-state index contributed by atoms with van der Waals surface area (Å²) in [6.07, 6.45) is 2.92. The second-order valence-electron chi connectivity index (χ2n) is 6.19. The number of nitrogens with zero attached hydrogens (tertiary/aromatic N) is 1. The van der Waals surface area contributed by atoms with Gasteiger partial charge in [-0.1, -0.05) is 6.07 Å². The summed E-state index contributed by atoms with van der Waals surface area (Å²) < 4.78 is 27.0. The zero-order chi connectivity index (χ0) is 17.0. The lowest BCUT2D eigenvalue weighted by molar-refractivity contribution is 0.0623. The van der Waals surface area contributed by atoms with Crippen LogP contribution in [0.25, 0.3) is 0 Å². The lowest BCUT2D eigenvalue weighted by atomic mass is 10.0. The molecule has 0 bridgehead atoms. The standard InChI is InChI=1S/C16H25N3O3S.ClH/c1-12(2)18-23(21,22)15-8-5-6-13(10-15)16(20)19-9-4-3-7-14(19)11-17;/h5-6,8,10,12,14,18H,3-4,7,9,11,17H2,1-2H3;1H. The van der Waals surface area contributed by atoms with Crippen LogP contribution in [0.15, 0.2) is 29.2 Å². The molecule has 1 heterocycles. The second kappa shape index (κ2) is 8.80. The van der Waals surface area contributed by atoms with Gasteiger partial charge in [0.05, 0.1) is 4.90 Å². The van der Waals surface area contributed by atoms with Gasteiger partial charge in [0.25, 0.3) is 5.91 Å². The quantitative estimate of drug-likeness (QED) is 0.819. The molecule has 24 heavy (non-hydrogen) atoms. The summed E-state index contributed by atoms with van der Waals surface area (Å²) in [6, 6.07) is 6.02. The highest BCUT2D eigenvalue weighted by molar-refractivity contribution is 7.89. The predicted octanol–water partition coefficient (Wildman–Crippen LogP) is 1.75. The molecular weight excluding hydrogens is 350 g/mol. The van der Waals surface area contributed by atoms with E-state index in [1.807, 2.05) is 0 Å². The molecule has 1 atom stereocenters. The van der Waals surface area contributed by atoms with Gasteiger partial charge in [-0.05, 0) is 51.3 Å². The third kappa shape index (κ3) is 4.92. The maximum atomic E-state index is 12.7. The Morgan fingerprint density at radius 3 is 2.71 bits per heavy atom. The first-order chi connectivity index (χ1) is 10.8. The van der Waals surface area contributed by atoms with Crippen molar-refractivity contribution in [2.45, 2.75) is 50.1 Å². The summed E-state index contributed by atoms with van der Waals surface area (Å²) in [5.74, 6) is -0.151. The molecule has 1 unspecified atom stereocenters. The molecule has 1 aromatic rings. The van der Waals surface area contributed by atoms with Crippen molar-refractivity contribution in [2.24, 2.45) is 5.73 Å². The normalized spacial score (nSPS) is 18.3. The molecule has 0 aromatic heterocycles. The highest BCUT2D eigenvalue weighted by Gasteiger charge is 2.27. The van der Waals surface area contributed by atoms with Gasteiger partial charge in [0.2, 0.25) is 10.0 Å². The molecule has 0 aliphatic carbocycles. The van der Waals surface area contributed by atoms with E-state index in [0.29, 0.717) is 18.7 Å². The summed E-state index contributed by atoms with van der Waals surface area (Å²) in [5, 5.41) is 0. The SMILES string of the molecule is CC(C)NS(=O)(=O)c1cccc(C(=O)N2CCCCC2CN)c1.Cl. The first-order valence-electron chi connectivity index (χ1n) is 7.98. The fourth-order valence-corrected chi connectivity index (χ4v) is 4.15. The first kappa shape index (κ1) is 20.9. The molecule has 1 amide bonds. The van der Waals surface area contributed by atoms with E-state index in [-0.39, 0.29) is 35.3 Å². The molecule has 2 rings (SSSR count). The summed E-state index contributed by atoms with van der Waals surface area (Å²) in [5.41, 5.74) is 6.15. The van der Waals surface area contributed by atoms with Gasteiger partial charge in [0.15, 0.2) is 0 Å². The Labute approximate surface area is 150 Å². The van der Waals surface area contributed by atoms with E-state index in [0.717, 1.165) is 19.3 Å². The van der Waals surface area contributed by atoms with Crippen LogP contribution in [-0.2, 0) is 10.0 Å². The van der Waals surface area contributed by atoms with Crippen molar-refractivity contribution in [1.82, 2.24) is 9.62 Å². The van der Waals surface area contributed by atoms with Crippen LogP contribution in [0.3, 0.4) is 0 Å². The van der Waals surface area contributed by atoms with Gasteiger partial charge in [-0.25, -0.2) is 13.1 Å². The van der Waals surface area contributed by atoms with Gasteiger partial charge in [0, 0.05) is 30.7 Å². The molecule has 1 saturated heterocycles. The molecular formula is C16H26ClN3O3S. The van der Waals surface area contributed by atoms with Crippen molar-refractivity contribution in [3.63, 3.8) is 0 Å². The number of halogens is 1. The lowest BCUT2D eigenvalue weighted by Gasteiger charge is -2.35. The van der Waals surface area contributed by atoms with Gasteiger partial charge in [-0.3, -0.25) is 4.79 Å². The second-order valence-corrected chi connectivity index (χ2v) is 7.90. The topological polar surface area (TPSA) is 92.5 Å². The van der Waals surface area contributed by atoms with E-state index in [4.69, 9.17) is 5.73 Å². The van der Waals surface area contributed by atoms with Gasteiger partial charge in [0.1, 0.15) is 0 Å². The molecule has 8 heteroatoms. The van der Waals surface area contributed by atoms with Crippen LogP contribution in [-0.4, -0.2) is 44.4 Å². The molecule has 136 valence electrons. The molecule has 1 aliphatic heterocycles. The van der Waals surface area contributed by atoms with Gasteiger partial charge in [-0.2, -0.15) is 0 Å². The van der Waals surface area contributed by atoms with Crippen molar-refractivity contribution >= 4 is 28.3 Å². The average Bonchev–Trinajstić information content (AvgIpc) is 2.53. The van der Waals surface area contributed by atoms with E-state index in [2.05, 4.69) is 4.72 Å². The maximum absolute atomic E-state index is 12.7. The summed E-state index contributed by atoms with van der Waals surface area (Å²) in [6.45, 7) is 4.61. The number of hydrogen-bond acceptors (Lipinski definition) is 4. The van der Waals surface area contributed by atoms with Crippen molar-refractivity contribution in [1.29, 1.82) is 0 Å². The van der Waals surface area contributed by atoms with Crippen molar-refractivity contribution in [3.8, 4) is 0 Å². The number of hydrogen-bond donors (Lipinski definition) is 2. The zero-order valence-corrected chi connectivity index (χ0v) is 15.7. The van der Waals surface area contributed by atoms with Crippen LogP contribution in [0, 0.1) is 0 Å². The van der Waals surface area contributed by atoms with Crippen LogP contribution >= 0.6 is 12.4 Å². The third-order valence-electron chi connectivity index (χ3n) is 3.94. The Morgan fingerprint density at radius 1 is 1.38 bits per heavy atom. The summed E-state index contributed by atoms with van der Waals surface area (Å²) in [7, 11) is -3.61. The van der Waals surface area contributed by atoms with E-state index < -0.39 is 10.0 Å². The molecule has 3 N–H and O–H groups in total. The lowest BCUT2D eigenvalue weighted by Crippen LogP contribution is -2.47. The summed E-state index contributed by atoms with van der Waals surface area (Å²) in [4.78, 5) is 14.6. The number of rotatable bonds is 5. The largest absolute Gasteiger partial charge is 0.334 e. The zero-order valence-electron chi connectivity index (χ0n) is 14.1. The maximum Gasteiger partial charge on any atom is 0.254 e. The minimum atomic E-state index is -3.61. The van der Waals surface area contributed by atoms with Crippen LogP contribution in [0.5, 0.6) is 0 Å². The molecule has 1 aliphatic rings. The number of carbonyl (C=O) groups excluding carboxylic acids is 1. The highest BCUT2D eigenvalue weighted by atomic mass is 35.5. The minimum Gasteiger partial charge on any atom is -0.334 e. The predicted molar refractivity (Wildman–Crippen MR) is 96.9 cm³/mol. The number of benzene rings is 1. The Kier molecular flexibility index (Phi) is 7.66. The average molecular weight is 376 g/mol. The van der Waals surface area contributed by atoms with E-state index >= 15 is 0 Å². The van der Waals surface area contributed by atoms with Gasteiger partial charge < -0.3 is 10.6 Å². The minimum absolute atomic E-state index is 0. The van der Waals surface area contributed by atoms with E-state index in [1.54, 1.807) is 30.9 Å².